The number of carbonyl (C=O) groups is 1. The van der Waals surface area contributed by atoms with E-state index in [1.807, 2.05) is 0 Å². The first-order chi connectivity index (χ1) is 7.95. The SMILES string of the molecule is CCCCCC(N)(N)C(=O)[C@@H](N)CCCCN. The standard InChI is InChI=1S/C12H28N4O/c1-2-3-5-8-12(15,16)11(17)10(14)7-4-6-9-13/h10H,2-9,13-16H2,1H3/t10-/m0/s1. The normalized spacial score (nSPS) is 13.7. The van der Waals surface area contributed by atoms with Gasteiger partial charge in [-0.3, -0.25) is 4.79 Å². The first-order valence-corrected chi connectivity index (χ1v) is 6.53. The topological polar surface area (TPSA) is 121 Å². The molecule has 0 amide bonds. The van der Waals surface area contributed by atoms with Crippen molar-refractivity contribution in [3.05, 3.63) is 0 Å². The number of ketones is 1. The fourth-order valence-corrected chi connectivity index (χ4v) is 1.78. The Morgan fingerprint density at radius 3 is 2.35 bits per heavy atom. The van der Waals surface area contributed by atoms with E-state index in [1.165, 1.54) is 0 Å². The smallest absolute Gasteiger partial charge is 0.183 e. The number of hydrogen-bond donors (Lipinski definition) is 4. The minimum atomic E-state index is -1.27. The maximum absolute atomic E-state index is 11.9. The Morgan fingerprint density at radius 1 is 1.18 bits per heavy atom. The van der Waals surface area contributed by atoms with Crippen LogP contribution in [0.5, 0.6) is 0 Å². The molecule has 17 heavy (non-hydrogen) atoms. The summed E-state index contributed by atoms with van der Waals surface area (Å²) in [5, 5.41) is 0. The van der Waals surface area contributed by atoms with Gasteiger partial charge in [-0.1, -0.05) is 26.2 Å². The Kier molecular flexibility index (Phi) is 8.33. The Morgan fingerprint density at radius 2 is 1.82 bits per heavy atom. The monoisotopic (exact) mass is 244 g/mol. The second-order valence-electron chi connectivity index (χ2n) is 4.75. The molecule has 0 unspecified atom stereocenters. The van der Waals surface area contributed by atoms with Crippen molar-refractivity contribution in [2.45, 2.75) is 63.6 Å². The molecule has 0 rings (SSSR count). The van der Waals surface area contributed by atoms with Crippen LogP contribution in [-0.2, 0) is 4.79 Å². The number of Topliss-reactive ketones (excluding diaryl/α,β-unsaturated/α-hetero) is 1. The molecule has 0 spiro atoms. The lowest BCUT2D eigenvalue weighted by molar-refractivity contribution is -0.125. The molecule has 8 N–H and O–H groups in total. The molecule has 0 aliphatic rings. The highest BCUT2D eigenvalue weighted by molar-refractivity contribution is 5.91. The summed E-state index contributed by atoms with van der Waals surface area (Å²) in [5.74, 6) is -0.231. The summed E-state index contributed by atoms with van der Waals surface area (Å²) in [7, 11) is 0. The number of rotatable bonds is 10. The predicted molar refractivity (Wildman–Crippen MR) is 71.1 cm³/mol. The van der Waals surface area contributed by atoms with Crippen LogP contribution in [0.3, 0.4) is 0 Å². The van der Waals surface area contributed by atoms with Crippen LogP contribution in [0.4, 0.5) is 0 Å². The van der Waals surface area contributed by atoms with Crippen LogP contribution in [0.1, 0.15) is 51.9 Å². The van der Waals surface area contributed by atoms with E-state index in [9.17, 15) is 4.79 Å². The average molecular weight is 244 g/mol. The van der Waals surface area contributed by atoms with Gasteiger partial charge in [0.15, 0.2) is 5.78 Å². The van der Waals surface area contributed by atoms with E-state index in [0.717, 1.165) is 32.1 Å². The summed E-state index contributed by atoms with van der Waals surface area (Å²) in [6.45, 7) is 2.71. The van der Waals surface area contributed by atoms with Crippen molar-refractivity contribution in [3.63, 3.8) is 0 Å². The zero-order valence-electron chi connectivity index (χ0n) is 11.0. The third kappa shape index (κ3) is 6.73. The fourth-order valence-electron chi connectivity index (χ4n) is 1.78. The fraction of sp³-hybridized carbons (Fsp3) is 0.917. The van der Waals surface area contributed by atoms with E-state index in [1.54, 1.807) is 0 Å². The van der Waals surface area contributed by atoms with Gasteiger partial charge in [0.1, 0.15) is 5.66 Å². The largest absolute Gasteiger partial charge is 0.330 e. The highest BCUT2D eigenvalue weighted by atomic mass is 16.1. The van der Waals surface area contributed by atoms with Gasteiger partial charge in [-0.15, -0.1) is 0 Å². The number of unbranched alkanes of at least 4 members (excludes halogenated alkanes) is 3. The molecule has 0 radical (unpaired) electrons. The van der Waals surface area contributed by atoms with Crippen molar-refractivity contribution < 1.29 is 4.79 Å². The van der Waals surface area contributed by atoms with E-state index in [0.29, 0.717) is 19.4 Å². The molecular weight excluding hydrogens is 216 g/mol. The molecule has 0 saturated carbocycles. The van der Waals surface area contributed by atoms with E-state index < -0.39 is 11.7 Å². The van der Waals surface area contributed by atoms with Crippen LogP contribution in [0.25, 0.3) is 0 Å². The number of hydrogen-bond acceptors (Lipinski definition) is 5. The van der Waals surface area contributed by atoms with Gasteiger partial charge >= 0.3 is 0 Å². The van der Waals surface area contributed by atoms with Crippen molar-refractivity contribution in [1.29, 1.82) is 0 Å². The molecule has 0 heterocycles. The highest BCUT2D eigenvalue weighted by Gasteiger charge is 2.32. The molecule has 0 aromatic carbocycles. The van der Waals surface area contributed by atoms with Crippen LogP contribution in [-0.4, -0.2) is 24.0 Å². The van der Waals surface area contributed by atoms with Gasteiger partial charge in [-0.05, 0) is 32.2 Å². The summed E-state index contributed by atoms with van der Waals surface area (Å²) in [4.78, 5) is 11.9. The summed E-state index contributed by atoms with van der Waals surface area (Å²) < 4.78 is 0. The third-order valence-electron chi connectivity index (χ3n) is 2.96. The van der Waals surface area contributed by atoms with Crippen LogP contribution >= 0.6 is 0 Å². The van der Waals surface area contributed by atoms with Crippen molar-refractivity contribution in [3.8, 4) is 0 Å². The van der Waals surface area contributed by atoms with Gasteiger partial charge in [-0.2, -0.15) is 0 Å². The Labute approximate surface area is 104 Å². The summed E-state index contributed by atoms with van der Waals surface area (Å²) in [6.07, 6.45) is 5.81. The van der Waals surface area contributed by atoms with Crippen LogP contribution in [0.2, 0.25) is 0 Å². The van der Waals surface area contributed by atoms with Gasteiger partial charge in [0.2, 0.25) is 0 Å². The summed E-state index contributed by atoms with van der Waals surface area (Å²) in [5.41, 5.74) is 21.6. The molecule has 0 aliphatic heterocycles. The third-order valence-corrected chi connectivity index (χ3v) is 2.96. The molecule has 0 aromatic heterocycles. The quantitative estimate of drug-likeness (QED) is 0.323. The second-order valence-corrected chi connectivity index (χ2v) is 4.75. The molecule has 0 aromatic rings. The van der Waals surface area contributed by atoms with Gasteiger partial charge in [0.25, 0.3) is 0 Å². The molecule has 0 saturated heterocycles. The molecule has 0 fully saturated rings. The van der Waals surface area contributed by atoms with Crippen molar-refractivity contribution >= 4 is 5.78 Å². The summed E-state index contributed by atoms with van der Waals surface area (Å²) >= 11 is 0. The Hall–Kier alpha value is -0.490. The van der Waals surface area contributed by atoms with Crippen LogP contribution in [0, 0.1) is 0 Å². The minimum absolute atomic E-state index is 0.231. The van der Waals surface area contributed by atoms with Gasteiger partial charge < -0.3 is 22.9 Å². The van der Waals surface area contributed by atoms with Crippen molar-refractivity contribution in [2.75, 3.05) is 6.54 Å². The lowest BCUT2D eigenvalue weighted by Gasteiger charge is -2.26. The van der Waals surface area contributed by atoms with Crippen LogP contribution < -0.4 is 22.9 Å². The van der Waals surface area contributed by atoms with E-state index >= 15 is 0 Å². The molecule has 0 aliphatic carbocycles. The van der Waals surface area contributed by atoms with Gasteiger partial charge in [-0.25, -0.2) is 0 Å². The predicted octanol–water partition coefficient (Wildman–Crippen LogP) is 0.206. The van der Waals surface area contributed by atoms with Gasteiger partial charge in [0, 0.05) is 0 Å². The molecule has 1 atom stereocenters. The van der Waals surface area contributed by atoms with Gasteiger partial charge in [0.05, 0.1) is 6.04 Å². The van der Waals surface area contributed by atoms with E-state index in [4.69, 9.17) is 22.9 Å². The minimum Gasteiger partial charge on any atom is -0.330 e. The summed E-state index contributed by atoms with van der Waals surface area (Å²) in [6, 6.07) is -0.557. The Bertz CT molecular complexity index is 219. The number of carbonyl (C=O) groups excluding carboxylic acids is 1. The zero-order chi connectivity index (χ0) is 13.3. The maximum Gasteiger partial charge on any atom is 0.183 e. The highest BCUT2D eigenvalue weighted by Crippen LogP contribution is 2.12. The zero-order valence-corrected chi connectivity index (χ0v) is 11.0. The first kappa shape index (κ1) is 16.5. The molecule has 0 bridgehead atoms. The van der Waals surface area contributed by atoms with Crippen LogP contribution in [0.15, 0.2) is 0 Å². The maximum atomic E-state index is 11.9. The first-order valence-electron chi connectivity index (χ1n) is 6.53. The van der Waals surface area contributed by atoms with E-state index in [-0.39, 0.29) is 5.78 Å². The van der Waals surface area contributed by atoms with Crippen molar-refractivity contribution in [1.82, 2.24) is 0 Å². The Balaban J connectivity index is 4.06. The number of nitrogens with two attached hydrogens (primary N) is 4. The molecule has 5 nitrogen and oxygen atoms in total. The molecule has 5 heteroatoms. The van der Waals surface area contributed by atoms with E-state index in [2.05, 4.69) is 6.92 Å². The van der Waals surface area contributed by atoms with Crippen molar-refractivity contribution in [2.24, 2.45) is 22.9 Å². The lowest BCUT2D eigenvalue weighted by Crippen LogP contribution is -2.61. The molecular formula is C12H28N4O. The second kappa shape index (κ2) is 8.58. The average Bonchev–Trinajstić information content (AvgIpc) is 2.28. The molecule has 102 valence electrons. The lowest BCUT2D eigenvalue weighted by atomic mass is 9.92.